The number of aliphatic hydroxyl groups excluding tert-OH is 1. The predicted octanol–water partition coefficient (Wildman–Crippen LogP) is 2.33. The lowest BCUT2D eigenvalue weighted by atomic mass is 10.0. The molecule has 2 atom stereocenters. The number of benzene rings is 1. The molecule has 0 saturated carbocycles. The molecule has 0 aromatic heterocycles. The Morgan fingerprint density at radius 2 is 2.00 bits per heavy atom. The Balaban J connectivity index is 2.69. The maximum absolute atomic E-state index is 9.98. The van der Waals surface area contributed by atoms with Crippen LogP contribution in [-0.4, -0.2) is 31.5 Å². The average molecular weight is 238 g/mol. The molecule has 3 nitrogen and oxygen atoms in total. The third-order valence-corrected chi connectivity index (χ3v) is 2.90. The van der Waals surface area contributed by atoms with E-state index >= 15 is 0 Å². The summed E-state index contributed by atoms with van der Waals surface area (Å²) in [6.07, 6.45) is 0.896. The van der Waals surface area contributed by atoms with Crippen LogP contribution in [0.3, 0.4) is 0 Å². The van der Waals surface area contributed by atoms with E-state index in [0.29, 0.717) is 12.8 Å². The first kappa shape index (κ1) is 14.0. The van der Waals surface area contributed by atoms with E-state index in [-0.39, 0.29) is 6.10 Å². The summed E-state index contributed by atoms with van der Waals surface area (Å²) >= 11 is 0. The lowest BCUT2D eigenvalue weighted by Gasteiger charge is -2.17. The number of rotatable bonds is 6. The van der Waals surface area contributed by atoms with Crippen molar-refractivity contribution < 1.29 is 14.6 Å². The van der Waals surface area contributed by atoms with Crippen molar-refractivity contribution in [2.45, 2.75) is 38.9 Å². The molecule has 1 N–H and O–H groups in total. The van der Waals surface area contributed by atoms with Gasteiger partial charge in [-0.1, -0.05) is 17.7 Å². The minimum Gasteiger partial charge on any atom is -0.496 e. The molecular weight excluding hydrogens is 216 g/mol. The number of aryl methyl sites for hydroxylation is 1. The summed E-state index contributed by atoms with van der Waals surface area (Å²) in [5.41, 5.74) is 2.22. The average Bonchev–Trinajstić information content (AvgIpc) is 2.29. The maximum atomic E-state index is 9.98. The summed E-state index contributed by atoms with van der Waals surface area (Å²) in [5.74, 6) is 0.833. The van der Waals surface area contributed by atoms with Crippen molar-refractivity contribution in [1.82, 2.24) is 0 Å². The fourth-order valence-corrected chi connectivity index (χ4v) is 1.88. The highest BCUT2D eigenvalue weighted by Crippen LogP contribution is 2.22. The molecule has 0 aliphatic heterocycles. The number of methoxy groups -OCH3 is 2. The van der Waals surface area contributed by atoms with E-state index < -0.39 is 6.10 Å². The fraction of sp³-hybridized carbons (Fsp3) is 0.571. The van der Waals surface area contributed by atoms with Gasteiger partial charge in [-0.25, -0.2) is 0 Å². The number of hydrogen-bond acceptors (Lipinski definition) is 3. The smallest absolute Gasteiger partial charge is 0.122 e. The molecule has 0 fully saturated rings. The van der Waals surface area contributed by atoms with Gasteiger partial charge in [-0.15, -0.1) is 0 Å². The van der Waals surface area contributed by atoms with Gasteiger partial charge in [0.05, 0.1) is 19.3 Å². The molecule has 0 saturated heterocycles. The second-order valence-electron chi connectivity index (χ2n) is 4.46. The molecule has 0 aliphatic carbocycles. The van der Waals surface area contributed by atoms with Gasteiger partial charge in [0.2, 0.25) is 0 Å². The second kappa shape index (κ2) is 6.62. The lowest BCUT2D eigenvalue weighted by molar-refractivity contribution is 0.0563. The molecule has 0 aliphatic rings. The standard InChI is InChI=1S/C14H22O3/c1-10-5-6-14(17-4)12(7-10)9-13(15)8-11(2)16-3/h5-7,11,13,15H,8-9H2,1-4H3. The molecule has 0 amide bonds. The van der Waals surface area contributed by atoms with E-state index in [9.17, 15) is 5.11 Å². The summed E-state index contributed by atoms with van der Waals surface area (Å²) in [6.45, 7) is 3.99. The van der Waals surface area contributed by atoms with E-state index in [1.54, 1.807) is 14.2 Å². The monoisotopic (exact) mass is 238 g/mol. The molecule has 0 spiro atoms. The molecule has 2 unspecified atom stereocenters. The highest BCUT2D eigenvalue weighted by atomic mass is 16.5. The van der Waals surface area contributed by atoms with Crippen LogP contribution in [0.4, 0.5) is 0 Å². The first-order chi connectivity index (χ1) is 8.06. The van der Waals surface area contributed by atoms with Crippen LogP contribution in [0, 0.1) is 6.92 Å². The normalized spacial score (nSPS) is 14.4. The van der Waals surface area contributed by atoms with E-state index in [4.69, 9.17) is 9.47 Å². The Labute approximate surface area is 103 Å². The molecule has 1 aromatic carbocycles. The third kappa shape index (κ3) is 4.36. The van der Waals surface area contributed by atoms with Crippen molar-refractivity contribution in [2.75, 3.05) is 14.2 Å². The van der Waals surface area contributed by atoms with E-state index in [1.807, 2.05) is 26.0 Å². The SMILES string of the molecule is COc1ccc(C)cc1CC(O)CC(C)OC. The number of ether oxygens (including phenoxy) is 2. The molecule has 1 aromatic rings. The first-order valence-corrected chi connectivity index (χ1v) is 5.91. The zero-order valence-corrected chi connectivity index (χ0v) is 11.1. The van der Waals surface area contributed by atoms with E-state index in [2.05, 4.69) is 6.07 Å². The Bertz CT molecular complexity index is 349. The van der Waals surface area contributed by atoms with Crippen LogP contribution in [0.25, 0.3) is 0 Å². The van der Waals surface area contributed by atoms with Crippen LogP contribution in [0.2, 0.25) is 0 Å². The van der Waals surface area contributed by atoms with E-state index in [0.717, 1.165) is 11.3 Å². The Hall–Kier alpha value is -1.06. The van der Waals surface area contributed by atoms with Gasteiger partial charge in [0.1, 0.15) is 5.75 Å². The minimum absolute atomic E-state index is 0.0702. The minimum atomic E-state index is -0.402. The molecular formula is C14H22O3. The highest BCUT2D eigenvalue weighted by Gasteiger charge is 2.13. The highest BCUT2D eigenvalue weighted by molar-refractivity contribution is 5.37. The van der Waals surface area contributed by atoms with Crippen molar-refractivity contribution >= 4 is 0 Å². The van der Waals surface area contributed by atoms with Crippen molar-refractivity contribution in [3.8, 4) is 5.75 Å². The van der Waals surface area contributed by atoms with Gasteiger partial charge in [-0.05, 0) is 31.9 Å². The fourth-order valence-electron chi connectivity index (χ4n) is 1.88. The Morgan fingerprint density at radius 1 is 1.29 bits per heavy atom. The van der Waals surface area contributed by atoms with Crippen LogP contribution < -0.4 is 4.74 Å². The number of aliphatic hydroxyl groups is 1. The second-order valence-corrected chi connectivity index (χ2v) is 4.46. The van der Waals surface area contributed by atoms with Crippen LogP contribution >= 0.6 is 0 Å². The van der Waals surface area contributed by atoms with Crippen molar-refractivity contribution in [3.63, 3.8) is 0 Å². The van der Waals surface area contributed by atoms with Gasteiger partial charge < -0.3 is 14.6 Å². The van der Waals surface area contributed by atoms with E-state index in [1.165, 1.54) is 5.56 Å². The lowest BCUT2D eigenvalue weighted by Crippen LogP contribution is -2.19. The maximum Gasteiger partial charge on any atom is 0.122 e. The summed E-state index contributed by atoms with van der Waals surface area (Å²) in [7, 11) is 3.31. The zero-order chi connectivity index (χ0) is 12.8. The summed E-state index contributed by atoms with van der Waals surface area (Å²) in [4.78, 5) is 0. The van der Waals surface area contributed by atoms with Crippen molar-refractivity contribution in [2.24, 2.45) is 0 Å². The third-order valence-electron chi connectivity index (χ3n) is 2.90. The topological polar surface area (TPSA) is 38.7 Å². The van der Waals surface area contributed by atoms with Crippen LogP contribution in [0.1, 0.15) is 24.5 Å². The zero-order valence-electron chi connectivity index (χ0n) is 11.1. The quantitative estimate of drug-likeness (QED) is 0.826. The van der Waals surface area contributed by atoms with Gasteiger partial charge in [0.15, 0.2) is 0 Å². The molecule has 0 radical (unpaired) electrons. The Kier molecular flexibility index (Phi) is 5.45. The molecule has 1 rings (SSSR count). The van der Waals surface area contributed by atoms with Gasteiger partial charge in [-0.3, -0.25) is 0 Å². The predicted molar refractivity (Wildman–Crippen MR) is 68.5 cm³/mol. The van der Waals surface area contributed by atoms with Crippen molar-refractivity contribution in [1.29, 1.82) is 0 Å². The first-order valence-electron chi connectivity index (χ1n) is 5.91. The summed E-state index contributed by atoms with van der Waals surface area (Å²) < 4.78 is 10.4. The van der Waals surface area contributed by atoms with Crippen LogP contribution in [0.5, 0.6) is 5.75 Å². The largest absolute Gasteiger partial charge is 0.496 e. The molecule has 0 bridgehead atoms. The molecule has 17 heavy (non-hydrogen) atoms. The summed E-state index contributed by atoms with van der Waals surface area (Å²) in [6, 6.07) is 6.00. The van der Waals surface area contributed by atoms with Crippen molar-refractivity contribution in [3.05, 3.63) is 29.3 Å². The molecule has 0 heterocycles. The van der Waals surface area contributed by atoms with Crippen LogP contribution in [-0.2, 0) is 11.2 Å². The van der Waals surface area contributed by atoms with Crippen LogP contribution in [0.15, 0.2) is 18.2 Å². The summed E-state index contributed by atoms with van der Waals surface area (Å²) in [5, 5.41) is 9.98. The van der Waals surface area contributed by atoms with Gasteiger partial charge in [0, 0.05) is 13.5 Å². The number of hydrogen-bond donors (Lipinski definition) is 1. The van der Waals surface area contributed by atoms with Gasteiger partial charge in [-0.2, -0.15) is 0 Å². The molecule has 96 valence electrons. The molecule has 3 heteroatoms. The Morgan fingerprint density at radius 3 is 2.59 bits per heavy atom. The van der Waals surface area contributed by atoms with Gasteiger partial charge in [0.25, 0.3) is 0 Å². The van der Waals surface area contributed by atoms with Gasteiger partial charge >= 0.3 is 0 Å².